The highest BCUT2D eigenvalue weighted by atomic mass is 16.5. The van der Waals surface area contributed by atoms with Crippen LogP contribution in [0.5, 0.6) is 0 Å². The Bertz CT molecular complexity index is 1040. The van der Waals surface area contributed by atoms with Crippen molar-refractivity contribution in [2.75, 3.05) is 13.2 Å². The SMILES string of the molecule is CCOC[C@@]1(O)CC[C@@]2(C3CC3)[C@H](CC[C@H]3[C@@H]4CC[C@H](C(=O)Cn5cc(C#N)cn5)[C@@]4(C)CC[C@@H]32)C1. The molecule has 5 fully saturated rings. The Morgan fingerprint density at radius 1 is 1.14 bits per heavy atom. The van der Waals surface area contributed by atoms with Gasteiger partial charge in [0.05, 0.1) is 30.5 Å². The van der Waals surface area contributed by atoms with Gasteiger partial charge in [0.2, 0.25) is 0 Å². The molecule has 1 N–H and O–H groups in total. The fraction of sp³-hybridized carbons (Fsp3) is 0.833. The molecule has 8 atom stereocenters. The Morgan fingerprint density at radius 3 is 2.67 bits per heavy atom. The first-order chi connectivity index (χ1) is 17.3. The summed E-state index contributed by atoms with van der Waals surface area (Å²) >= 11 is 0. The minimum Gasteiger partial charge on any atom is -0.387 e. The highest BCUT2D eigenvalue weighted by Gasteiger charge is 2.66. The predicted molar refractivity (Wildman–Crippen MR) is 136 cm³/mol. The zero-order chi connectivity index (χ0) is 25.1. The van der Waals surface area contributed by atoms with Gasteiger partial charge in [-0.15, -0.1) is 0 Å². The lowest BCUT2D eigenvalue weighted by atomic mass is 9.42. The molecule has 0 spiro atoms. The fourth-order valence-corrected chi connectivity index (χ4v) is 10.2. The predicted octanol–water partition coefficient (Wildman–Crippen LogP) is 5.14. The van der Waals surface area contributed by atoms with Crippen molar-refractivity contribution in [1.29, 1.82) is 5.26 Å². The number of ether oxygens (including phenoxy) is 1. The van der Waals surface area contributed by atoms with Crippen molar-refractivity contribution in [3.8, 4) is 6.07 Å². The summed E-state index contributed by atoms with van der Waals surface area (Å²) in [5.41, 5.74) is 0.373. The maximum atomic E-state index is 13.5. The van der Waals surface area contributed by atoms with E-state index in [1.54, 1.807) is 17.1 Å². The Kier molecular flexibility index (Phi) is 6.12. The van der Waals surface area contributed by atoms with Crippen LogP contribution in [-0.4, -0.2) is 39.5 Å². The molecule has 6 rings (SSSR count). The third-order valence-corrected chi connectivity index (χ3v) is 11.8. The van der Waals surface area contributed by atoms with Crippen molar-refractivity contribution in [2.24, 2.45) is 46.3 Å². The van der Waals surface area contributed by atoms with Gasteiger partial charge < -0.3 is 9.84 Å². The van der Waals surface area contributed by atoms with Crippen LogP contribution >= 0.6 is 0 Å². The molecule has 5 aliphatic carbocycles. The maximum absolute atomic E-state index is 13.5. The van der Waals surface area contributed by atoms with E-state index in [0.717, 1.165) is 43.4 Å². The van der Waals surface area contributed by atoms with Crippen LogP contribution in [0.3, 0.4) is 0 Å². The van der Waals surface area contributed by atoms with Gasteiger partial charge in [0.15, 0.2) is 5.78 Å². The number of ketones is 1. The summed E-state index contributed by atoms with van der Waals surface area (Å²) < 4.78 is 7.38. The molecule has 0 saturated heterocycles. The van der Waals surface area contributed by atoms with Crippen LogP contribution in [-0.2, 0) is 16.1 Å². The molecular weight excluding hydrogens is 450 g/mol. The van der Waals surface area contributed by atoms with E-state index in [1.807, 2.05) is 6.92 Å². The van der Waals surface area contributed by atoms with Crippen molar-refractivity contribution < 1.29 is 14.6 Å². The van der Waals surface area contributed by atoms with Crippen LogP contribution in [0.4, 0.5) is 0 Å². The molecule has 5 saturated carbocycles. The molecule has 0 radical (unpaired) electrons. The van der Waals surface area contributed by atoms with E-state index in [9.17, 15) is 9.90 Å². The van der Waals surface area contributed by atoms with Gasteiger partial charge >= 0.3 is 0 Å². The van der Waals surface area contributed by atoms with Crippen LogP contribution < -0.4 is 0 Å². The number of hydrogen-bond acceptors (Lipinski definition) is 5. The number of nitrogens with zero attached hydrogens (tertiary/aromatic N) is 3. The van der Waals surface area contributed by atoms with E-state index in [-0.39, 0.29) is 17.9 Å². The fourth-order valence-electron chi connectivity index (χ4n) is 10.2. The summed E-state index contributed by atoms with van der Waals surface area (Å²) in [4.78, 5) is 13.5. The second kappa shape index (κ2) is 8.95. The lowest BCUT2D eigenvalue weighted by Gasteiger charge is -2.63. The van der Waals surface area contributed by atoms with Crippen LogP contribution in [0.2, 0.25) is 0 Å². The van der Waals surface area contributed by atoms with Crippen molar-refractivity contribution in [3.63, 3.8) is 0 Å². The highest BCUT2D eigenvalue weighted by molar-refractivity contribution is 5.82. The zero-order valence-electron chi connectivity index (χ0n) is 22.1. The van der Waals surface area contributed by atoms with Crippen LogP contribution in [0.15, 0.2) is 12.4 Å². The first kappa shape index (κ1) is 24.6. The molecule has 36 heavy (non-hydrogen) atoms. The largest absolute Gasteiger partial charge is 0.387 e. The first-order valence-electron chi connectivity index (χ1n) is 14.6. The molecule has 1 aromatic heterocycles. The monoisotopic (exact) mass is 493 g/mol. The quantitative estimate of drug-likeness (QED) is 0.568. The zero-order valence-corrected chi connectivity index (χ0v) is 22.1. The summed E-state index contributed by atoms with van der Waals surface area (Å²) in [7, 11) is 0. The van der Waals surface area contributed by atoms with Crippen molar-refractivity contribution in [2.45, 2.75) is 96.6 Å². The maximum Gasteiger partial charge on any atom is 0.157 e. The van der Waals surface area contributed by atoms with Crippen molar-refractivity contribution >= 4 is 5.78 Å². The second-order valence-corrected chi connectivity index (χ2v) is 13.3. The minimum atomic E-state index is -0.641. The van der Waals surface area contributed by atoms with Gasteiger partial charge in [-0.1, -0.05) is 6.92 Å². The topological polar surface area (TPSA) is 88.1 Å². The Hall–Kier alpha value is -1.71. The molecule has 0 aliphatic heterocycles. The smallest absolute Gasteiger partial charge is 0.157 e. The van der Waals surface area contributed by atoms with E-state index in [2.05, 4.69) is 18.1 Å². The molecule has 1 aromatic rings. The summed E-state index contributed by atoms with van der Waals surface area (Å²) in [5, 5.41) is 24.7. The summed E-state index contributed by atoms with van der Waals surface area (Å²) in [6.45, 7) is 5.89. The number of fused-ring (bicyclic) bond motifs is 5. The average Bonchev–Trinajstić information content (AvgIpc) is 3.53. The van der Waals surface area contributed by atoms with Gasteiger partial charge in [0.1, 0.15) is 6.07 Å². The number of carbonyl (C=O) groups is 1. The number of aliphatic hydroxyl groups is 1. The van der Waals surface area contributed by atoms with Crippen molar-refractivity contribution in [3.05, 3.63) is 18.0 Å². The number of rotatable bonds is 7. The lowest BCUT2D eigenvalue weighted by Crippen LogP contribution is -2.59. The van der Waals surface area contributed by atoms with Crippen LogP contribution in [0.1, 0.15) is 90.0 Å². The van der Waals surface area contributed by atoms with E-state index >= 15 is 0 Å². The van der Waals surface area contributed by atoms with Crippen LogP contribution in [0.25, 0.3) is 0 Å². The Morgan fingerprint density at radius 2 is 1.94 bits per heavy atom. The number of nitriles is 1. The summed E-state index contributed by atoms with van der Waals surface area (Å²) in [6, 6.07) is 2.11. The third-order valence-electron chi connectivity index (χ3n) is 11.8. The Labute approximate surface area is 215 Å². The standard InChI is InChI=1S/C30H43N3O3/c1-3-36-19-29(35)12-13-30(21-4-5-21)22(14-29)6-7-23-24-8-9-26(28(24,2)11-10-25(23)30)27(34)18-33-17-20(15-31)16-32-33/h16-17,21-26,35H,3-14,18-19H2,1-2H3/t22-,23+,24+,25+,26-,28+,29-,30-/m1/s1. The van der Waals surface area contributed by atoms with Crippen molar-refractivity contribution in [1.82, 2.24) is 9.78 Å². The summed E-state index contributed by atoms with van der Waals surface area (Å²) in [5.74, 6) is 4.01. The number of aromatic nitrogens is 2. The second-order valence-electron chi connectivity index (χ2n) is 13.3. The molecule has 0 unspecified atom stereocenters. The number of Topliss-reactive ketones (excluding diaryl/α,β-unsaturated/α-hetero) is 1. The molecule has 1 heterocycles. The lowest BCUT2D eigenvalue weighted by molar-refractivity contribution is -0.180. The van der Waals surface area contributed by atoms with Gasteiger partial charge in [-0.2, -0.15) is 10.4 Å². The highest BCUT2D eigenvalue weighted by Crippen LogP contribution is 2.72. The normalized spacial score (nSPS) is 43.8. The first-order valence-corrected chi connectivity index (χ1v) is 14.6. The van der Waals surface area contributed by atoms with E-state index < -0.39 is 5.60 Å². The molecule has 196 valence electrons. The molecule has 5 aliphatic rings. The molecule has 0 bridgehead atoms. The molecule has 6 nitrogen and oxygen atoms in total. The average molecular weight is 494 g/mol. The molecular formula is C30H43N3O3. The summed E-state index contributed by atoms with van der Waals surface area (Å²) in [6.07, 6.45) is 16.1. The molecule has 6 heteroatoms. The molecule has 0 aromatic carbocycles. The van der Waals surface area contributed by atoms with Gasteiger partial charge in [-0.3, -0.25) is 9.48 Å². The van der Waals surface area contributed by atoms with E-state index in [1.165, 1.54) is 44.9 Å². The van der Waals surface area contributed by atoms with Gasteiger partial charge in [-0.05, 0) is 118 Å². The third kappa shape index (κ3) is 3.79. The minimum absolute atomic E-state index is 0.0887. The number of hydrogen-bond donors (Lipinski definition) is 1. The van der Waals surface area contributed by atoms with E-state index in [4.69, 9.17) is 10.00 Å². The van der Waals surface area contributed by atoms with Gasteiger partial charge in [0.25, 0.3) is 0 Å². The Balaban J connectivity index is 1.21. The van der Waals surface area contributed by atoms with E-state index in [0.29, 0.717) is 41.8 Å². The van der Waals surface area contributed by atoms with Gasteiger partial charge in [-0.25, -0.2) is 0 Å². The van der Waals surface area contributed by atoms with Gasteiger partial charge in [0, 0.05) is 18.7 Å². The number of carbonyl (C=O) groups excluding carboxylic acids is 1. The van der Waals surface area contributed by atoms with Crippen LogP contribution in [0, 0.1) is 57.7 Å². The molecule has 0 amide bonds.